The Balaban J connectivity index is 1.54. The van der Waals surface area contributed by atoms with Crippen molar-refractivity contribution in [3.05, 3.63) is 53.6 Å². The Hall–Kier alpha value is -2.82. The summed E-state index contributed by atoms with van der Waals surface area (Å²) < 4.78 is 5.56. The molecule has 1 aliphatic carbocycles. The van der Waals surface area contributed by atoms with E-state index in [1.807, 2.05) is 42.2 Å². The minimum absolute atomic E-state index is 0.155. The largest absolute Gasteiger partial charge is 0.493 e. The van der Waals surface area contributed by atoms with Crippen molar-refractivity contribution in [2.45, 2.75) is 39.0 Å². The van der Waals surface area contributed by atoms with Crippen molar-refractivity contribution in [3.8, 4) is 5.75 Å². The smallest absolute Gasteiger partial charge is 0.259 e. The topological polar surface area (TPSA) is 58.6 Å². The van der Waals surface area contributed by atoms with Crippen LogP contribution in [-0.4, -0.2) is 25.0 Å². The van der Waals surface area contributed by atoms with Crippen LogP contribution in [0.1, 0.15) is 48.5 Å². The summed E-state index contributed by atoms with van der Waals surface area (Å²) in [4.78, 5) is 27.6. The van der Waals surface area contributed by atoms with Gasteiger partial charge in [-0.3, -0.25) is 9.59 Å². The molecule has 2 amide bonds. The monoisotopic (exact) mass is 378 g/mol. The first-order chi connectivity index (χ1) is 13.7. The lowest BCUT2D eigenvalue weighted by Gasteiger charge is -2.21. The van der Waals surface area contributed by atoms with Gasteiger partial charge >= 0.3 is 0 Å². The van der Waals surface area contributed by atoms with Gasteiger partial charge in [-0.2, -0.15) is 0 Å². The van der Waals surface area contributed by atoms with Crippen molar-refractivity contribution in [3.63, 3.8) is 0 Å². The zero-order valence-electron chi connectivity index (χ0n) is 16.2. The number of benzene rings is 2. The third kappa shape index (κ3) is 3.61. The Kier molecular flexibility index (Phi) is 5.33. The van der Waals surface area contributed by atoms with E-state index >= 15 is 0 Å². The first-order valence-electron chi connectivity index (χ1n) is 10.1. The van der Waals surface area contributed by atoms with Crippen LogP contribution >= 0.6 is 0 Å². The first-order valence-corrected chi connectivity index (χ1v) is 10.1. The Bertz CT molecular complexity index is 887. The van der Waals surface area contributed by atoms with Crippen molar-refractivity contribution < 1.29 is 14.3 Å². The van der Waals surface area contributed by atoms with Crippen LogP contribution in [0.15, 0.2) is 42.5 Å². The van der Waals surface area contributed by atoms with E-state index in [-0.39, 0.29) is 17.7 Å². The number of rotatable bonds is 5. The van der Waals surface area contributed by atoms with Crippen LogP contribution in [0.5, 0.6) is 5.75 Å². The summed E-state index contributed by atoms with van der Waals surface area (Å²) in [5.74, 6) is 0.751. The summed E-state index contributed by atoms with van der Waals surface area (Å²) in [6, 6.07) is 13.1. The molecule has 0 radical (unpaired) electrons. The molecule has 0 bridgehead atoms. The van der Waals surface area contributed by atoms with E-state index in [1.165, 1.54) is 5.56 Å². The molecule has 1 N–H and O–H groups in total. The highest BCUT2D eigenvalue weighted by Gasteiger charge is 2.32. The number of ether oxygens (including phenoxy) is 1. The highest BCUT2D eigenvalue weighted by Crippen LogP contribution is 2.35. The fourth-order valence-corrected chi connectivity index (χ4v) is 4.21. The maximum atomic E-state index is 12.9. The summed E-state index contributed by atoms with van der Waals surface area (Å²) in [7, 11) is 0. The van der Waals surface area contributed by atoms with Crippen LogP contribution in [-0.2, 0) is 11.2 Å². The molecule has 5 heteroatoms. The molecule has 2 aromatic rings. The summed E-state index contributed by atoms with van der Waals surface area (Å²) in [5.41, 5.74) is 3.30. The molecule has 2 aliphatic rings. The molecule has 0 spiro atoms. The van der Waals surface area contributed by atoms with Crippen molar-refractivity contribution in [2.75, 3.05) is 23.4 Å². The molecular weight excluding hydrogens is 352 g/mol. The number of carbonyl (C=O) groups excluding carboxylic acids is 2. The number of anilines is 2. The van der Waals surface area contributed by atoms with Gasteiger partial charge in [0.2, 0.25) is 5.91 Å². The highest BCUT2D eigenvalue weighted by molar-refractivity contribution is 6.07. The fourth-order valence-electron chi connectivity index (χ4n) is 4.21. The molecule has 1 heterocycles. The van der Waals surface area contributed by atoms with E-state index in [0.717, 1.165) is 44.3 Å². The zero-order chi connectivity index (χ0) is 19.5. The average molecular weight is 378 g/mol. The number of hydrogen-bond acceptors (Lipinski definition) is 3. The van der Waals surface area contributed by atoms with E-state index in [9.17, 15) is 9.59 Å². The predicted octanol–water partition coefficient (Wildman–Crippen LogP) is 4.42. The van der Waals surface area contributed by atoms with Crippen LogP contribution in [0, 0.1) is 5.92 Å². The molecule has 5 nitrogen and oxygen atoms in total. The molecule has 28 heavy (non-hydrogen) atoms. The molecule has 4 rings (SSSR count). The summed E-state index contributed by atoms with van der Waals surface area (Å²) >= 11 is 0. The second-order valence-electron chi connectivity index (χ2n) is 7.45. The molecule has 0 atom stereocenters. The van der Waals surface area contributed by atoms with Gasteiger partial charge in [-0.15, -0.1) is 0 Å². The van der Waals surface area contributed by atoms with Crippen LogP contribution < -0.4 is 15.0 Å². The van der Waals surface area contributed by atoms with E-state index < -0.39 is 0 Å². The van der Waals surface area contributed by atoms with Crippen molar-refractivity contribution in [1.29, 1.82) is 0 Å². The minimum Gasteiger partial charge on any atom is -0.493 e. The molecule has 0 saturated heterocycles. The summed E-state index contributed by atoms with van der Waals surface area (Å²) in [6.07, 6.45) is 5.15. The Morgan fingerprint density at radius 3 is 2.71 bits per heavy atom. The van der Waals surface area contributed by atoms with E-state index in [1.54, 1.807) is 12.1 Å². The molecule has 1 fully saturated rings. The number of fused-ring (bicyclic) bond motifs is 1. The highest BCUT2D eigenvalue weighted by atomic mass is 16.5. The molecule has 2 aromatic carbocycles. The number of para-hydroxylation sites is 1. The fraction of sp³-hybridized carbons (Fsp3) is 0.391. The second kappa shape index (κ2) is 8.05. The number of nitrogens with zero attached hydrogens (tertiary/aromatic N) is 1. The summed E-state index contributed by atoms with van der Waals surface area (Å²) in [6.45, 7) is 3.13. The van der Waals surface area contributed by atoms with E-state index in [2.05, 4.69) is 5.32 Å². The predicted molar refractivity (Wildman–Crippen MR) is 110 cm³/mol. The van der Waals surface area contributed by atoms with Crippen molar-refractivity contribution in [1.82, 2.24) is 0 Å². The first kappa shape index (κ1) is 18.5. The quantitative estimate of drug-likeness (QED) is 0.838. The molecule has 0 aromatic heterocycles. The lowest BCUT2D eigenvalue weighted by Crippen LogP contribution is -2.33. The molecular formula is C23H26N2O3. The Morgan fingerprint density at radius 1 is 1.14 bits per heavy atom. The summed E-state index contributed by atoms with van der Waals surface area (Å²) in [5, 5.41) is 2.96. The Labute approximate surface area is 165 Å². The van der Waals surface area contributed by atoms with Gasteiger partial charge in [0, 0.05) is 23.8 Å². The lowest BCUT2D eigenvalue weighted by atomic mass is 10.1. The standard InChI is InChI=1S/C23H26N2O3/c1-2-28-21-10-6-5-9-19(21)22(26)24-18-12-11-16-13-14-25(20(16)15-18)23(27)17-7-3-4-8-17/h5-6,9-12,15,17H,2-4,7-8,13-14H2,1H3,(H,24,26). The van der Waals surface area contributed by atoms with Crippen molar-refractivity contribution >= 4 is 23.2 Å². The maximum absolute atomic E-state index is 12.9. The van der Waals surface area contributed by atoms with Gasteiger partial charge in [-0.25, -0.2) is 0 Å². The SMILES string of the molecule is CCOc1ccccc1C(=O)Nc1ccc2c(c1)N(C(=O)C1CCCC1)CC2. The van der Waals surface area contributed by atoms with E-state index in [4.69, 9.17) is 4.74 Å². The number of carbonyl (C=O) groups is 2. The molecule has 0 unspecified atom stereocenters. The van der Waals surface area contributed by atoms with E-state index in [0.29, 0.717) is 23.6 Å². The van der Waals surface area contributed by atoms with Crippen LogP contribution in [0.4, 0.5) is 11.4 Å². The Morgan fingerprint density at radius 2 is 1.93 bits per heavy atom. The molecule has 1 aliphatic heterocycles. The van der Waals surface area contributed by atoms with Gasteiger partial charge in [0.05, 0.1) is 12.2 Å². The maximum Gasteiger partial charge on any atom is 0.259 e. The van der Waals surface area contributed by atoms with Gasteiger partial charge in [-0.1, -0.05) is 31.0 Å². The molecule has 1 saturated carbocycles. The second-order valence-corrected chi connectivity index (χ2v) is 7.45. The molecule has 146 valence electrons. The third-order valence-electron chi connectivity index (χ3n) is 5.64. The van der Waals surface area contributed by atoms with Gasteiger partial charge in [0.1, 0.15) is 5.75 Å². The minimum atomic E-state index is -0.212. The van der Waals surface area contributed by atoms with Gasteiger partial charge in [0.25, 0.3) is 5.91 Å². The van der Waals surface area contributed by atoms with Crippen LogP contribution in [0.2, 0.25) is 0 Å². The average Bonchev–Trinajstić information content (AvgIpc) is 3.38. The number of hydrogen-bond donors (Lipinski definition) is 1. The normalized spacial score (nSPS) is 16.1. The van der Waals surface area contributed by atoms with Gasteiger partial charge in [-0.05, 0) is 56.0 Å². The van der Waals surface area contributed by atoms with Crippen LogP contribution in [0.25, 0.3) is 0 Å². The lowest BCUT2D eigenvalue weighted by molar-refractivity contribution is -0.122. The number of amides is 2. The van der Waals surface area contributed by atoms with Crippen molar-refractivity contribution in [2.24, 2.45) is 5.92 Å². The van der Waals surface area contributed by atoms with Gasteiger partial charge in [0.15, 0.2) is 0 Å². The third-order valence-corrected chi connectivity index (χ3v) is 5.64. The zero-order valence-corrected chi connectivity index (χ0v) is 16.2. The van der Waals surface area contributed by atoms with Gasteiger partial charge < -0.3 is 15.0 Å². The van der Waals surface area contributed by atoms with Crippen LogP contribution in [0.3, 0.4) is 0 Å². The number of nitrogens with one attached hydrogen (secondary N) is 1.